The maximum Gasteiger partial charge on any atom is 0.271 e. The molecule has 1 fully saturated rings. The van der Waals surface area contributed by atoms with Crippen molar-refractivity contribution < 1.29 is 19.1 Å². The fraction of sp³-hybridized carbons (Fsp3) is 0.545. The number of aliphatic hydroxyl groups excluding tert-OH is 1. The van der Waals surface area contributed by atoms with Crippen molar-refractivity contribution in [2.24, 2.45) is 5.92 Å². The lowest BCUT2D eigenvalue weighted by Crippen LogP contribution is -2.47. The summed E-state index contributed by atoms with van der Waals surface area (Å²) in [6.45, 7) is 5.33. The molecule has 1 aliphatic carbocycles. The summed E-state index contributed by atoms with van der Waals surface area (Å²) >= 11 is 0. The lowest BCUT2D eigenvalue weighted by atomic mass is 9.90. The summed E-state index contributed by atoms with van der Waals surface area (Å²) < 4.78 is 13.3. The number of aromatic nitrogens is 4. The molecule has 0 aliphatic heterocycles. The monoisotopic (exact) mass is 427 g/mol. The highest BCUT2D eigenvalue weighted by Gasteiger charge is 2.35. The van der Waals surface area contributed by atoms with Crippen molar-refractivity contribution in [2.45, 2.75) is 58.4 Å². The summed E-state index contributed by atoms with van der Waals surface area (Å²) in [5, 5.41) is 20.5. The van der Waals surface area contributed by atoms with Gasteiger partial charge in [-0.25, -0.2) is 4.98 Å². The number of hydrogen-bond donors (Lipinski definition) is 2. The molecule has 1 unspecified atom stereocenters. The van der Waals surface area contributed by atoms with Gasteiger partial charge in [-0.05, 0) is 44.7 Å². The number of ether oxygens (including phenoxy) is 1. The molecular formula is C22H29N5O4. The van der Waals surface area contributed by atoms with Crippen LogP contribution in [-0.4, -0.2) is 43.8 Å². The number of aryl methyl sites for hydroxylation is 2. The molecule has 1 saturated carbocycles. The molecule has 4 rings (SSSR count). The fourth-order valence-corrected chi connectivity index (χ4v) is 4.09. The lowest BCUT2D eigenvalue weighted by Gasteiger charge is -2.24. The quantitative estimate of drug-likeness (QED) is 0.596. The van der Waals surface area contributed by atoms with Gasteiger partial charge in [-0.1, -0.05) is 19.3 Å². The minimum Gasteiger partial charge on any atom is -0.489 e. The first-order valence-electron chi connectivity index (χ1n) is 10.8. The number of carbonyl (C=O) groups is 1. The molecule has 0 spiro atoms. The molecule has 31 heavy (non-hydrogen) atoms. The lowest BCUT2D eigenvalue weighted by molar-refractivity contribution is 0.0803. The predicted octanol–water partition coefficient (Wildman–Crippen LogP) is 2.93. The maximum atomic E-state index is 13.2. The van der Waals surface area contributed by atoms with Crippen molar-refractivity contribution in [1.29, 1.82) is 0 Å². The Labute approximate surface area is 180 Å². The summed E-state index contributed by atoms with van der Waals surface area (Å²) in [5.74, 6) is 1.32. The Kier molecular flexibility index (Phi) is 5.95. The van der Waals surface area contributed by atoms with E-state index >= 15 is 0 Å². The Hall–Kier alpha value is -2.94. The second-order valence-corrected chi connectivity index (χ2v) is 8.50. The van der Waals surface area contributed by atoms with Crippen LogP contribution in [0.25, 0.3) is 5.65 Å². The second-order valence-electron chi connectivity index (χ2n) is 8.50. The van der Waals surface area contributed by atoms with E-state index in [1.54, 1.807) is 31.4 Å². The summed E-state index contributed by atoms with van der Waals surface area (Å²) in [6.07, 6.45) is 7.99. The summed E-state index contributed by atoms with van der Waals surface area (Å²) in [5.41, 5.74) is 0.312. The normalized spacial score (nSPS) is 16.9. The average molecular weight is 428 g/mol. The first kappa shape index (κ1) is 21.3. The van der Waals surface area contributed by atoms with Crippen LogP contribution < -0.4 is 10.1 Å². The Morgan fingerprint density at radius 2 is 2.10 bits per heavy atom. The number of rotatable bonds is 7. The highest BCUT2D eigenvalue weighted by Crippen LogP contribution is 2.27. The zero-order valence-electron chi connectivity index (χ0n) is 18.2. The van der Waals surface area contributed by atoms with Gasteiger partial charge < -0.3 is 19.6 Å². The largest absolute Gasteiger partial charge is 0.489 e. The summed E-state index contributed by atoms with van der Waals surface area (Å²) in [4.78, 5) is 17.8. The zero-order valence-corrected chi connectivity index (χ0v) is 18.2. The molecule has 0 aromatic carbocycles. The number of fused-ring (bicyclic) bond motifs is 1. The van der Waals surface area contributed by atoms with E-state index in [1.165, 1.54) is 32.1 Å². The van der Waals surface area contributed by atoms with Gasteiger partial charge in [-0.15, -0.1) is 10.2 Å². The number of carbonyl (C=O) groups excluding carboxylic acids is 1. The van der Waals surface area contributed by atoms with Crippen molar-refractivity contribution in [3.8, 4) is 5.75 Å². The van der Waals surface area contributed by atoms with Crippen molar-refractivity contribution >= 4 is 11.6 Å². The van der Waals surface area contributed by atoms with Crippen LogP contribution in [0.5, 0.6) is 5.75 Å². The van der Waals surface area contributed by atoms with Crippen LogP contribution in [0.4, 0.5) is 0 Å². The number of aliphatic hydroxyl groups is 1. The molecule has 2 N–H and O–H groups in total. The molecule has 0 bridgehead atoms. The van der Waals surface area contributed by atoms with Gasteiger partial charge in [0.2, 0.25) is 11.8 Å². The standard InChI is InChI=1S/C22H29N5O4/c1-14-18(20(29)24-22(3,13-28)21-26-25-15(2)31-21)27-11-7-10-17(19(27)23-14)30-12-16-8-5-4-6-9-16/h7,10-11,16,28H,4-6,8-9,12-13H2,1-3H3,(H,24,29). The van der Waals surface area contributed by atoms with Gasteiger partial charge >= 0.3 is 0 Å². The predicted molar refractivity (Wildman–Crippen MR) is 113 cm³/mol. The molecule has 9 nitrogen and oxygen atoms in total. The SMILES string of the molecule is Cc1nnc(C(C)(CO)NC(=O)c2c(C)nc3c(OCC4CCCCC4)cccn23)o1. The number of nitrogens with zero attached hydrogens (tertiary/aromatic N) is 4. The third kappa shape index (κ3) is 4.27. The van der Waals surface area contributed by atoms with Crippen LogP contribution in [0.2, 0.25) is 0 Å². The van der Waals surface area contributed by atoms with Gasteiger partial charge in [0.15, 0.2) is 11.4 Å². The van der Waals surface area contributed by atoms with Crippen LogP contribution >= 0.6 is 0 Å². The Bertz CT molecular complexity index is 1070. The van der Waals surface area contributed by atoms with E-state index in [9.17, 15) is 9.90 Å². The van der Waals surface area contributed by atoms with Crippen molar-refractivity contribution in [2.75, 3.05) is 13.2 Å². The number of hydrogen-bond acceptors (Lipinski definition) is 7. The van der Waals surface area contributed by atoms with E-state index in [4.69, 9.17) is 9.15 Å². The Morgan fingerprint density at radius 3 is 2.77 bits per heavy atom. The van der Waals surface area contributed by atoms with E-state index in [0.717, 1.165) is 0 Å². The first-order chi connectivity index (χ1) is 14.9. The summed E-state index contributed by atoms with van der Waals surface area (Å²) in [7, 11) is 0. The van der Waals surface area contributed by atoms with Gasteiger partial charge in [-0.2, -0.15) is 0 Å². The van der Waals surface area contributed by atoms with Gasteiger partial charge in [0, 0.05) is 13.1 Å². The van der Waals surface area contributed by atoms with Crippen LogP contribution in [0.3, 0.4) is 0 Å². The maximum absolute atomic E-state index is 13.2. The van der Waals surface area contributed by atoms with E-state index in [1.807, 2.05) is 12.1 Å². The van der Waals surface area contributed by atoms with Crippen LogP contribution in [0.15, 0.2) is 22.7 Å². The number of nitrogens with one attached hydrogen (secondary N) is 1. The molecule has 1 amide bonds. The van der Waals surface area contributed by atoms with Crippen LogP contribution in [0.1, 0.15) is 67.0 Å². The Balaban J connectivity index is 1.58. The molecule has 9 heteroatoms. The second kappa shape index (κ2) is 8.66. The molecule has 0 saturated heterocycles. The molecule has 1 aliphatic rings. The van der Waals surface area contributed by atoms with E-state index in [-0.39, 0.29) is 5.89 Å². The minimum atomic E-state index is -1.22. The molecule has 3 heterocycles. The fourth-order valence-electron chi connectivity index (χ4n) is 4.09. The van der Waals surface area contributed by atoms with Gasteiger partial charge in [0.1, 0.15) is 11.2 Å². The van der Waals surface area contributed by atoms with Gasteiger partial charge in [0.05, 0.1) is 18.9 Å². The topological polar surface area (TPSA) is 115 Å². The summed E-state index contributed by atoms with van der Waals surface area (Å²) in [6, 6.07) is 3.72. The third-order valence-electron chi connectivity index (χ3n) is 5.91. The van der Waals surface area contributed by atoms with Crippen molar-refractivity contribution in [3.05, 3.63) is 41.5 Å². The highest BCUT2D eigenvalue weighted by atomic mass is 16.5. The van der Waals surface area contributed by atoms with E-state index in [0.29, 0.717) is 41.2 Å². The van der Waals surface area contributed by atoms with Crippen molar-refractivity contribution in [1.82, 2.24) is 24.9 Å². The number of imidazole rings is 1. The number of pyridine rings is 1. The van der Waals surface area contributed by atoms with Gasteiger partial charge in [0.25, 0.3) is 5.91 Å². The zero-order chi connectivity index (χ0) is 22.0. The smallest absolute Gasteiger partial charge is 0.271 e. The first-order valence-corrected chi connectivity index (χ1v) is 10.8. The number of amides is 1. The molecule has 1 atom stereocenters. The Morgan fingerprint density at radius 1 is 1.32 bits per heavy atom. The molecule has 3 aromatic rings. The minimum absolute atomic E-state index is 0.142. The van der Waals surface area contributed by atoms with Gasteiger partial charge in [-0.3, -0.25) is 9.20 Å². The van der Waals surface area contributed by atoms with E-state index < -0.39 is 18.1 Å². The van der Waals surface area contributed by atoms with E-state index in [2.05, 4.69) is 20.5 Å². The van der Waals surface area contributed by atoms with Crippen molar-refractivity contribution in [3.63, 3.8) is 0 Å². The highest BCUT2D eigenvalue weighted by molar-refractivity contribution is 5.95. The molecular weight excluding hydrogens is 398 g/mol. The molecule has 3 aromatic heterocycles. The third-order valence-corrected chi connectivity index (χ3v) is 5.91. The van der Waals surface area contributed by atoms with Crippen LogP contribution in [-0.2, 0) is 5.54 Å². The average Bonchev–Trinajstić information content (AvgIpc) is 3.36. The van der Waals surface area contributed by atoms with Crippen LogP contribution in [0, 0.1) is 19.8 Å². The molecule has 166 valence electrons. The molecule has 0 radical (unpaired) electrons.